The Balaban J connectivity index is 1.53. The summed E-state index contributed by atoms with van der Waals surface area (Å²) in [5, 5.41) is 0.504. The van der Waals surface area contributed by atoms with Crippen LogP contribution in [0.15, 0.2) is 94.4 Å². The predicted octanol–water partition coefficient (Wildman–Crippen LogP) is 4.45. The Bertz CT molecular complexity index is 1270. The summed E-state index contributed by atoms with van der Waals surface area (Å²) < 4.78 is 34.9. The Morgan fingerprint density at radius 3 is 2.37 bits per heavy atom. The molecule has 3 aromatic carbocycles. The van der Waals surface area contributed by atoms with E-state index in [4.69, 9.17) is 20.5 Å². The number of esters is 1. The molecule has 0 radical (unpaired) electrons. The summed E-state index contributed by atoms with van der Waals surface area (Å²) in [5.41, 5.74) is 1.34. The Labute approximate surface area is 178 Å². The van der Waals surface area contributed by atoms with Crippen LogP contribution in [0.5, 0.6) is 5.75 Å². The highest BCUT2D eigenvalue weighted by molar-refractivity contribution is 7.87. The van der Waals surface area contributed by atoms with Crippen LogP contribution in [0.2, 0.25) is 5.02 Å². The van der Waals surface area contributed by atoms with Gasteiger partial charge in [0.15, 0.2) is 5.70 Å². The predicted molar refractivity (Wildman–Crippen MR) is 113 cm³/mol. The minimum absolute atomic E-state index is 0.0628. The number of carbonyl (C=O) groups is 1. The fourth-order valence-corrected chi connectivity index (χ4v) is 3.84. The van der Waals surface area contributed by atoms with Crippen molar-refractivity contribution in [2.75, 3.05) is 0 Å². The summed E-state index contributed by atoms with van der Waals surface area (Å²) in [6, 6.07) is 20.9. The third-order valence-electron chi connectivity index (χ3n) is 4.11. The molecule has 0 N–H and O–H groups in total. The lowest BCUT2D eigenvalue weighted by atomic mass is 10.2. The molecule has 0 saturated heterocycles. The number of nitrogens with zero attached hydrogens (tertiary/aromatic N) is 1. The standard InChI is InChI=1S/C22H14ClNO5S/c23-17-6-4-5-16(14-17)21-24-20(22(25)28-21)13-15-9-11-18(12-10-15)29-30(26,27)19-7-2-1-3-8-19/h1-14H/b20-13+. The average molecular weight is 440 g/mol. The molecule has 4 rings (SSSR count). The monoisotopic (exact) mass is 439 g/mol. The van der Waals surface area contributed by atoms with E-state index in [1.807, 2.05) is 0 Å². The van der Waals surface area contributed by atoms with Gasteiger partial charge in [-0.25, -0.2) is 9.79 Å². The average Bonchev–Trinajstić information content (AvgIpc) is 3.10. The fourth-order valence-electron chi connectivity index (χ4n) is 2.69. The van der Waals surface area contributed by atoms with Crippen LogP contribution in [0.1, 0.15) is 11.1 Å². The highest BCUT2D eigenvalue weighted by atomic mass is 35.5. The van der Waals surface area contributed by atoms with Gasteiger partial charge in [-0.2, -0.15) is 8.42 Å². The minimum atomic E-state index is -3.92. The summed E-state index contributed by atoms with van der Waals surface area (Å²) in [6.07, 6.45) is 1.54. The molecule has 0 atom stereocenters. The first kappa shape index (κ1) is 19.9. The lowest BCUT2D eigenvalue weighted by Gasteiger charge is -2.07. The van der Waals surface area contributed by atoms with Crippen molar-refractivity contribution in [3.63, 3.8) is 0 Å². The second-order valence-corrected chi connectivity index (χ2v) is 8.25. The molecule has 150 valence electrons. The van der Waals surface area contributed by atoms with E-state index < -0.39 is 16.1 Å². The Hall–Kier alpha value is -3.42. The van der Waals surface area contributed by atoms with E-state index in [0.29, 0.717) is 16.1 Å². The van der Waals surface area contributed by atoms with Crippen molar-refractivity contribution in [3.05, 3.63) is 101 Å². The molecule has 30 heavy (non-hydrogen) atoms. The zero-order valence-electron chi connectivity index (χ0n) is 15.4. The van der Waals surface area contributed by atoms with Crippen molar-refractivity contribution < 1.29 is 22.1 Å². The van der Waals surface area contributed by atoms with Crippen LogP contribution in [0.4, 0.5) is 0 Å². The normalized spacial score (nSPS) is 15.0. The van der Waals surface area contributed by atoms with Crippen LogP contribution in [0.25, 0.3) is 6.08 Å². The molecule has 0 bridgehead atoms. The molecular formula is C22H14ClNO5S. The second-order valence-electron chi connectivity index (χ2n) is 6.27. The van der Waals surface area contributed by atoms with Crippen molar-refractivity contribution >= 4 is 39.7 Å². The van der Waals surface area contributed by atoms with Gasteiger partial charge >= 0.3 is 16.1 Å². The van der Waals surface area contributed by atoms with E-state index in [0.717, 1.165) is 0 Å². The third kappa shape index (κ3) is 4.42. The SMILES string of the molecule is O=C1OC(c2cccc(Cl)c2)=N/C1=C/c1ccc(OS(=O)(=O)c2ccccc2)cc1. The van der Waals surface area contributed by atoms with Gasteiger partial charge in [0.2, 0.25) is 5.90 Å². The minimum Gasteiger partial charge on any atom is -0.402 e. The zero-order chi connectivity index (χ0) is 21.1. The Morgan fingerprint density at radius 1 is 0.933 bits per heavy atom. The maximum absolute atomic E-state index is 12.3. The van der Waals surface area contributed by atoms with E-state index >= 15 is 0 Å². The molecule has 0 amide bonds. The number of hydrogen-bond acceptors (Lipinski definition) is 6. The van der Waals surface area contributed by atoms with Crippen LogP contribution in [-0.4, -0.2) is 20.3 Å². The summed E-state index contributed by atoms with van der Waals surface area (Å²) in [4.78, 5) is 16.4. The molecule has 0 spiro atoms. The number of aliphatic imine (C=N–C) groups is 1. The molecular weight excluding hydrogens is 426 g/mol. The topological polar surface area (TPSA) is 82.0 Å². The van der Waals surface area contributed by atoms with Gasteiger partial charge in [-0.05, 0) is 54.1 Å². The maximum Gasteiger partial charge on any atom is 0.363 e. The fraction of sp³-hybridized carbons (Fsp3) is 0. The molecule has 1 aliphatic rings. The van der Waals surface area contributed by atoms with Crippen LogP contribution >= 0.6 is 11.6 Å². The highest BCUT2D eigenvalue weighted by Crippen LogP contribution is 2.23. The van der Waals surface area contributed by atoms with Gasteiger partial charge in [0, 0.05) is 10.6 Å². The number of cyclic esters (lactones) is 1. The molecule has 1 heterocycles. The van der Waals surface area contributed by atoms with E-state index in [9.17, 15) is 13.2 Å². The Kier molecular flexibility index (Phi) is 5.39. The van der Waals surface area contributed by atoms with Gasteiger partial charge in [0.25, 0.3) is 0 Å². The number of hydrogen-bond donors (Lipinski definition) is 0. The van der Waals surface area contributed by atoms with Gasteiger partial charge in [0.1, 0.15) is 10.6 Å². The molecule has 0 aromatic heterocycles. The quantitative estimate of drug-likeness (QED) is 0.333. The smallest absolute Gasteiger partial charge is 0.363 e. The van der Waals surface area contributed by atoms with Crippen molar-refractivity contribution in [3.8, 4) is 5.75 Å². The van der Waals surface area contributed by atoms with Gasteiger partial charge in [-0.3, -0.25) is 0 Å². The van der Waals surface area contributed by atoms with Gasteiger partial charge in [-0.1, -0.05) is 48.0 Å². The van der Waals surface area contributed by atoms with Gasteiger partial charge in [0.05, 0.1) is 0 Å². The van der Waals surface area contributed by atoms with Gasteiger partial charge in [-0.15, -0.1) is 0 Å². The molecule has 3 aromatic rings. The van der Waals surface area contributed by atoms with Crippen LogP contribution in [-0.2, 0) is 19.6 Å². The highest BCUT2D eigenvalue weighted by Gasteiger charge is 2.24. The molecule has 1 aliphatic heterocycles. The van der Waals surface area contributed by atoms with E-state index in [-0.39, 0.29) is 22.2 Å². The number of rotatable bonds is 5. The van der Waals surface area contributed by atoms with Crippen LogP contribution < -0.4 is 4.18 Å². The first-order valence-corrected chi connectivity index (χ1v) is 10.6. The maximum atomic E-state index is 12.3. The first-order valence-electron chi connectivity index (χ1n) is 8.79. The molecule has 8 heteroatoms. The zero-order valence-corrected chi connectivity index (χ0v) is 16.9. The van der Waals surface area contributed by atoms with Crippen molar-refractivity contribution in [2.45, 2.75) is 4.90 Å². The number of halogens is 1. The number of ether oxygens (including phenoxy) is 1. The molecule has 0 unspecified atom stereocenters. The lowest BCUT2D eigenvalue weighted by Crippen LogP contribution is -2.09. The molecule has 6 nitrogen and oxygen atoms in total. The summed E-state index contributed by atoms with van der Waals surface area (Å²) in [5.74, 6) is -0.266. The second kappa shape index (κ2) is 8.14. The molecule has 0 saturated carbocycles. The van der Waals surface area contributed by atoms with Crippen molar-refractivity contribution in [1.29, 1.82) is 0 Å². The summed E-state index contributed by atoms with van der Waals surface area (Å²) in [7, 11) is -3.92. The summed E-state index contributed by atoms with van der Waals surface area (Å²) in [6.45, 7) is 0. The van der Waals surface area contributed by atoms with Crippen LogP contribution in [0, 0.1) is 0 Å². The lowest BCUT2D eigenvalue weighted by molar-refractivity contribution is -0.129. The van der Waals surface area contributed by atoms with E-state index in [1.165, 1.54) is 30.3 Å². The molecule has 0 fully saturated rings. The third-order valence-corrected chi connectivity index (χ3v) is 5.61. The number of carbonyl (C=O) groups excluding carboxylic acids is 1. The van der Waals surface area contributed by atoms with E-state index in [2.05, 4.69) is 4.99 Å². The van der Waals surface area contributed by atoms with Gasteiger partial charge < -0.3 is 8.92 Å². The van der Waals surface area contributed by atoms with E-state index in [1.54, 1.807) is 54.6 Å². The Morgan fingerprint density at radius 2 is 1.67 bits per heavy atom. The largest absolute Gasteiger partial charge is 0.402 e. The van der Waals surface area contributed by atoms with Crippen LogP contribution in [0.3, 0.4) is 0 Å². The number of benzene rings is 3. The van der Waals surface area contributed by atoms with Crippen molar-refractivity contribution in [1.82, 2.24) is 0 Å². The summed E-state index contributed by atoms with van der Waals surface area (Å²) >= 11 is 5.96. The molecule has 0 aliphatic carbocycles. The van der Waals surface area contributed by atoms with Crippen molar-refractivity contribution in [2.24, 2.45) is 4.99 Å². The first-order chi connectivity index (χ1) is 14.4.